The summed E-state index contributed by atoms with van der Waals surface area (Å²) < 4.78 is 0. The van der Waals surface area contributed by atoms with E-state index in [1.807, 2.05) is 0 Å². The van der Waals surface area contributed by atoms with Crippen molar-refractivity contribution in [3.63, 3.8) is 0 Å². The van der Waals surface area contributed by atoms with Crippen LogP contribution in [-0.2, 0) is 11.2 Å². The van der Waals surface area contributed by atoms with Gasteiger partial charge in [-0.15, -0.1) is 0 Å². The zero-order chi connectivity index (χ0) is 13.0. The molecule has 92 valence electrons. The van der Waals surface area contributed by atoms with Gasteiger partial charge in [-0.1, -0.05) is 54.1 Å². The molecule has 0 amide bonds. The van der Waals surface area contributed by atoms with Crippen molar-refractivity contribution in [2.45, 2.75) is 26.7 Å². The van der Waals surface area contributed by atoms with Crippen molar-refractivity contribution in [2.24, 2.45) is 0 Å². The van der Waals surface area contributed by atoms with Crippen LogP contribution in [-0.4, -0.2) is 5.78 Å². The monoisotopic (exact) mass is 238 g/mol. The molecule has 0 unspecified atom stereocenters. The van der Waals surface area contributed by atoms with Gasteiger partial charge in [0.15, 0.2) is 0 Å². The summed E-state index contributed by atoms with van der Waals surface area (Å²) in [6.45, 7) is 3.74. The van der Waals surface area contributed by atoms with Crippen LogP contribution in [0.5, 0.6) is 0 Å². The number of hydrogen-bond donors (Lipinski definition) is 0. The molecule has 0 aliphatic rings. The lowest BCUT2D eigenvalue weighted by Gasteiger charge is -2.06. The molecule has 0 radical (unpaired) electrons. The highest BCUT2D eigenvalue weighted by Gasteiger charge is 2.01. The first kappa shape index (κ1) is 12.6. The molecule has 0 aromatic heterocycles. The first-order valence-corrected chi connectivity index (χ1v) is 6.30. The molecular weight excluding hydrogens is 220 g/mol. The lowest BCUT2D eigenvalue weighted by Crippen LogP contribution is -1.94. The molecule has 2 rings (SSSR count). The maximum atomic E-state index is 11.0. The zero-order valence-electron chi connectivity index (χ0n) is 10.9. The van der Waals surface area contributed by atoms with Gasteiger partial charge in [0.25, 0.3) is 0 Å². The van der Waals surface area contributed by atoms with E-state index in [0.717, 1.165) is 6.42 Å². The summed E-state index contributed by atoms with van der Waals surface area (Å²) in [5, 5.41) is 0. The topological polar surface area (TPSA) is 17.1 Å². The van der Waals surface area contributed by atoms with Crippen molar-refractivity contribution in [3.05, 3.63) is 59.7 Å². The minimum Gasteiger partial charge on any atom is -0.300 e. The Morgan fingerprint density at radius 3 is 2.33 bits per heavy atom. The van der Waals surface area contributed by atoms with Crippen LogP contribution in [0.2, 0.25) is 0 Å². The minimum atomic E-state index is 0.246. The average Bonchev–Trinajstić information content (AvgIpc) is 2.37. The van der Waals surface area contributed by atoms with Crippen molar-refractivity contribution >= 4 is 5.78 Å². The highest BCUT2D eigenvalue weighted by atomic mass is 16.1. The van der Waals surface area contributed by atoms with Crippen LogP contribution in [0.3, 0.4) is 0 Å². The molecule has 0 saturated carbocycles. The van der Waals surface area contributed by atoms with Gasteiger partial charge in [-0.05, 0) is 37.0 Å². The summed E-state index contributed by atoms with van der Waals surface area (Å²) in [6, 6.07) is 16.9. The average molecular weight is 238 g/mol. The van der Waals surface area contributed by atoms with Crippen molar-refractivity contribution in [2.75, 3.05) is 0 Å². The van der Waals surface area contributed by atoms with E-state index >= 15 is 0 Å². The molecule has 0 N–H and O–H groups in total. The second-order valence-electron chi connectivity index (χ2n) is 4.77. The highest BCUT2D eigenvalue weighted by molar-refractivity contribution is 5.75. The fraction of sp³-hybridized carbons (Fsp3) is 0.235. The van der Waals surface area contributed by atoms with E-state index in [4.69, 9.17) is 0 Å². The Balaban J connectivity index is 2.24. The van der Waals surface area contributed by atoms with Gasteiger partial charge < -0.3 is 4.79 Å². The fourth-order valence-electron chi connectivity index (χ4n) is 2.05. The van der Waals surface area contributed by atoms with Gasteiger partial charge in [-0.3, -0.25) is 0 Å². The summed E-state index contributed by atoms with van der Waals surface area (Å²) in [5.74, 6) is 0.246. The lowest BCUT2D eigenvalue weighted by atomic mass is 9.99. The smallest absolute Gasteiger partial charge is 0.130 e. The quantitative estimate of drug-likeness (QED) is 0.780. The Kier molecular flexibility index (Phi) is 3.93. The summed E-state index contributed by atoms with van der Waals surface area (Å²) in [4.78, 5) is 11.0. The second kappa shape index (κ2) is 5.63. The molecule has 0 heterocycles. The predicted molar refractivity (Wildman–Crippen MR) is 75.6 cm³/mol. The number of hydrogen-bond acceptors (Lipinski definition) is 1. The molecule has 18 heavy (non-hydrogen) atoms. The van der Waals surface area contributed by atoms with Gasteiger partial charge in [0.2, 0.25) is 0 Å². The number of ketones is 1. The van der Waals surface area contributed by atoms with Gasteiger partial charge in [0, 0.05) is 6.42 Å². The molecule has 0 spiro atoms. The van der Waals surface area contributed by atoms with Crippen LogP contribution in [0.25, 0.3) is 11.1 Å². The molecule has 1 heteroatoms. The van der Waals surface area contributed by atoms with Crippen molar-refractivity contribution in [1.29, 1.82) is 0 Å². The van der Waals surface area contributed by atoms with Crippen LogP contribution in [0.4, 0.5) is 0 Å². The summed E-state index contributed by atoms with van der Waals surface area (Å²) in [5.41, 5.74) is 4.95. The Morgan fingerprint density at radius 2 is 1.67 bits per heavy atom. The van der Waals surface area contributed by atoms with E-state index in [-0.39, 0.29) is 5.78 Å². The number of benzene rings is 2. The van der Waals surface area contributed by atoms with Crippen LogP contribution >= 0.6 is 0 Å². The Labute approximate surface area is 108 Å². The first-order chi connectivity index (χ1) is 8.65. The third kappa shape index (κ3) is 3.30. The minimum absolute atomic E-state index is 0.246. The normalized spacial score (nSPS) is 10.3. The van der Waals surface area contributed by atoms with E-state index in [0.29, 0.717) is 6.42 Å². The molecule has 0 bridgehead atoms. The third-order valence-electron chi connectivity index (χ3n) is 3.04. The fourth-order valence-corrected chi connectivity index (χ4v) is 2.05. The van der Waals surface area contributed by atoms with Crippen molar-refractivity contribution < 1.29 is 4.79 Å². The highest BCUT2D eigenvalue weighted by Crippen LogP contribution is 2.21. The van der Waals surface area contributed by atoms with Crippen molar-refractivity contribution in [1.82, 2.24) is 0 Å². The standard InChI is InChI=1S/C17H18O/c1-13-5-3-7-16(11-13)17-8-4-6-15(12-17)10-9-14(2)18/h3-8,11-12H,9-10H2,1-2H3. The zero-order valence-corrected chi connectivity index (χ0v) is 10.9. The number of carbonyl (C=O) groups is 1. The van der Waals surface area contributed by atoms with Crippen molar-refractivity contribution in [3.8, 4) is 11.1 Å². The molecular formula is C17H18O. The Morgan fingerprint density at radius 1 is 1.00 bits per heavy atom. The summed E-state index contributed by atoms with van der Waals surface area (Å²) >= 11 is 0. The Hall–Kier alpha value is -1.89. The van der Waals surface area contributed by atoms with E-state index in [9.17, 15) is 4.79 Å². The maximum Gasteiger partial charge on any atom is 0.130 e. The SMILES string of the molecule is CC(=O)CCc1cccc(-c2cccc(C)c2)c1. The van der Waals surface area contributed by atoms with E-state index in [1.54, 1.807) is 6.92 Å². The van der Waals surface area contributed by atoms with Crippen LogP contribution in [0.15, 0.2) is 48.5 Å². The van der Waals surface area contributed by atoms with E-state index in [2.05, 4.69) is 55.5 Å². The largest absolute Gasteiger partial charge is 0.300 e. The molecule has 0 aliphatic carbocycles. The van der Waals surface area contributed by atoms with Gasteiger partial charge in [0.05, 0.1) is 0 Å². The lowest BCUT2D eigenvalue weighted by molar-refractivity contribution is -0.116. The van der Waals surface area contributed by atoms with E-state index in [1.165, 1.54) is 22.3 Å². The van der Waals surface area contributed by atoms with E-state index < -0.39 is 0 Å². The molecule has 2 aromatic rings. The maximum absolute atomic E-state index is 11.0. The first-order valence-electron chi connectivity index (χ1n) is 6.30. The van der Waals surface area contributed by atoms with Crippen LogP contribution < -0.4 is 0 Å². The van der Waals surface area contributed by atoms with Gasteiger partial charge in [0.1, 0.15) is 5.78 Å². The third-order valence-corrected chi connectivity index (χ3v) is 3.04. The number of carbonyl (C=O) groups excluding carboxylic acids is 1. The molecule has 0 fully saturated rings. The molecule has 1 nitrogen and oxygen atoms in total. The van der Waals surface area contributed by atoms with Gasteiger partial charge >= 0.3 is 0 Å². The second-order valence-corrected chi connectivity index (χ2v) is 4.77. The summed E-state index contributed by atoms with van der Waals surface area (Å²) in [6.07, 6.45) is 1.45. The number of rotatable bonds is 4. The Bertz CT molecular complexity index is 555. The van der Waals surface area contributed by atoms with Gasteiger partial charge in [-0.2, -0.15) is 0 Å². The molecule has 0 aliphatic heterocycles. The molecule has 2 aromatic carbocycles. The van der Waals surface area contributed by atoms with Crippen LogP contribution in [0, 0.1) is 6.92 Å². The summed E-state index contributed by atoms with van der Waals surface area (Å²) in [7, 11) is 0. The number of aryl methyl sites for hydroxylation is 2. The number of Topliss-reactive ketones (excluding diaryl/α,β-unsaturated/α-hetero) is 1. The molecule has 0 saturated heterocycles. The van der Waals surface area contributed by atoms with Crippen LogP contribution in [0.1, 0.15) is 24.5 Å². The molecule has 0 atom stereocenters. The predicted octanol–water partition coefficient (Wildman–Crippen LogP) is 4.18. The van der Waals surface area contributed by atoms with Gasteiger partial charge in [-0.25, -0.2) is 0 Å².